The Hall–Kier alpha value is -5.20. The predicted octanol–water partition coefficient (Wildman–Crippen LogP) is 15.4. The lowest BCUT2D eigenvalue weighted by atomic mass is 9.78. The highest BCUT2D eigenvalue weighted by Gasteiger charge is 2.39. The van der Waals surface area contributed by atoms with Gasteiger partial charge in [0.15, 0.2) is 0 Å². The van der Waals surface area contributed by atoms with Crippen LogP contribution in [0, 0.1) is 6.92 Å². The van der Waals surface area contributed by atoms with Crippen LogP contribution in [0.2, 0.25) is 0 Å². The summed E-state index contributed by atoms with van der Waals surface area (Å²) in [6.07, 6.45) is 17.4. The van der Waals surface area contributed by atoms with E-state index in [1.54, 1.807) is 0 Å². The summed E-state index contributed by atoms with van der Waals surface area (Å²) in [6.45, 7) is 22.2. The second kappa shape index (κ2) is 16.9. The average molecular weight is 707 g/mol. The van der Waals surface area contributed by atoms with E-state index in [0.29, 0.717) is 5.92 Å². The van der Waals surface area contributed by atoms with Gasteiger partial charge < -0.3 is 0 Å². The highest BCUT2D eigenvalue weighted by Crippen LogP contribution is 2.54. The van der Waals surface area contributed by atoms with Crippen molar-refractivity contribution in [2.24, 2.45) is 0 Å². The van der Waals surface area contributed by atoms with E-state index >= 15 is 0 Å². The summed E-state index contributed by atoms with van der Waals surface area (Å²) < 4.78 is 0. The molecular weight excluding hydrogens is 649 g/mol. The summed E-state index contributed by atoms with van der Waals surface area (Å²) in [6, 6.07) is 39.0. The maximum absolute atomic E-state index is 4.01. The van der Waals surface area contributed by atoms with Crippen LogP contribution >= 0.6 is 0 Å². The zero-order valence-corrected chi connectivity index (χ0v) is 33.9. The van der Waals surface area contributed by atoms with Crippen molar-refractivity contribution < 1.29 is 0 Å². The molecule has 0 aromatic heterocycles. The Morgan fingerprint density at radius 2 is 1.48 bits per heavy atom. The van der Waals surface area contributed by atoms with Crippen LogP contribution in [0.4, 0.5) is 0 Å². The largest absolute Gasteiger partial charge is 0.0961 e. The lowest BCUT2D eigenvalue weighted by Crippen LogP contribution is -2.17. The standard InChI is InChI=1S/C54H58/c1-10-18-43(44-22-13-12-14-23-44)24-16-15-21-41-26-29-45(30-27-41)46-32-34-49-51(36-46)54(8,9)53-42(11-2)31-33-48(52(49)53)47-28-25-39(6)50(35-47)40(7)38(5)20-17-19-37(3)4/h12-14,16-20,22-36,40H,3,10-11,15,21H2,1-2,4-9H3/b19-17-,24-16-,38-20-,43-18+. The number of allylic oxidation sites excluding steroid dienone is 9. The molecule has 0 fully saturated rings. The first-order valence-corrected chi connectivity index (χ1v) is 20.0. The minimum atomic E-state index is -0.102. The van der Waals surface area contributed by atoms with Gasteiger partial charge in [-0.15, -0.1) is 0 Å². The zero-order chi connectivity index (χ0) is 38.4. The molecule has 5 aromatic rings. The van der Waals surface area contributed by atoms with Gasteiger partial charge in [0.05, 0.1) is 0 Å². The molecule has 0 amide bonds. The van der Waals surface area contributed by atoms with Gasteiger partial charge in [-0.3, -0.25) is 0 Å². The Kier molecular flexibility index (Phi) is 12.0. The fourth-order valence-electron chi connectivity index (χ4n) is 8.25. The van der Waals surface area contributed by atoms with Crippen molar-refractivity contribution in [2.75, 3.05) is 0 Å². The number of rotatable bonds is 13. The fourth-order valence-corrected chi connectivity index (χ4v) is 8.25. The zero-order valence-electron chi connectivity index (χ0n) is 33.9. The molecule has 0 nitrogen and oxygen atoms in total. The van der Waals surface area contributed by atoms with Crippen molar-refractivity contribution in [1.29, 1.82) is 0 Å². The third-order valence-electron chi connectivity index (χ3n) is 11.5. The van der Waals surface area contributed by atoms with Crippen LogP contribution in [-0.4, -0.2) is 0 Å². The van der Waals surface area contributed by atoms with Crippen LogP contribution in [0.15, 0.2) is 157 Å². The molecule has 54 heavy (non-hydrogen) atoms. The van der Waals surface area contributed by atoms with Gasteiger partial charge in [-0.25, -0.2) is 0 Å². The van der Waals surface area contributed by atoms with Gasteiger partial charge in [-0.05, 0) is 130 Å². The highest BCUT2D eigenvalue weighted by molar-refractivity contribution is 5.94. The van der Waals surface area contributed by atoms with Gasteiger partial charge in [0, 0.05) is 11.3 Å². The van der Waals surface area contributed by atoms with E-state index in [4.69, 9.17) is 0 Å². The molecule has 1 aliphatic carbocycles. The third kappa shape index (κ3) is 8.14. The van der Waals surface area contributed by atoms with Gasteiger partial charge in [0.25, 0.3) is 0 Å². The molecule has 1 unspecified atom stereocenters. The molecule has 0 heteroatoms. The Balaban J connectivity index is 1.28. The van der Waals surface area contributed by atoms with Crippen molar-refractivity contribution >= 4 is 5.57 Å². The normalized spacial score (nSPS) is 14.4. The number of fused-ring (bicyclic) bond motifs is 3. The van der Waals surface area contributed by atoms with Crippen LogP contribution in [0.3, 0.4) is 0 Å². The maximum atomic E-state index is 4.01. The molecule has 0 heterocycles. The first kappa shape index (κ1) is 38.5. The van der Waals surface area contributed by atoms with E-state index in [1.165, 1.54) is 83.5 Å². The first-order chi connectivity index (χ1) is 26.0. The molecule has 6 rings (SSSR count). The molecule has 5 aromatic carbocycles. The Labute approximate surface area is 326 Å². The summed E-state index contributed by atoms with van der Waals surface area (Å²) >= 11 is 0. The average Bonchev–Trinajstić information content (AvgIpc) is 3.42. The molecule has 1 atom stereocenters. The summed E-state index contributed by atoms with van der Waals surface area (Å²) in [7, 11) is 0. The second-order valence-corrected chi connectivity index (χ2v) is 15.7. The second-order valence-electron chi connectivity index (χ2n) is 15.7. The lowest BCUT2D eigenvalue weighted by molar-refractivity contribution is 0.652. The van der Waals surface area contributed by atoms with Crippen LogP contribution < -0.4 is 0 Å². The van der Waals surface area contributed by atoms with Crippen LogP contribution in [0.5, 0.6) is 0 Å². The van der Waals surface area contributed by atoms with Gasteiger partial charge in [0.1, 0.15) is 0 Å². The van der Waals surface area contributed by atoms with Crippen molar-refractivity contribution in [3.05, 3.63) is 196 Å². The minimum Gasteiger partial charge on any atom is -0.0961 e. The number of hydrogen-bond donors (Lipinski definition) is 0. The summed E-state index contributed by atoms with van der Waals surface area (Å²) in [4.78, 5) is 0. The first-order valence-electron chi connectivity index (χ1n) is 20.0. The van der Waals surface area contributed by atoms with Crippen molar-refractivity contribution in [3.63, 3.8) is 0 Å². The van der Waals surface area contributed by atoms with Crippen molar-refractivity contribution in [2.45, 2.75) is 92.4 Å². The van der Waals surface area contributed by atoms with Crippen LogP contribution in [-0.2, 0) is 18.3 Å². The monoisotopic (exact) mass is 706 g/mol. The van der Waals surface area contributed by atoms with E-state index in [9.17, 15) is 0 Å². The van der Waals surface area contributed by atoms with Gasteiger partial charge in [0.2, 0.25) is 0 Å². The van der Waals surface area contributed by atoms with Crippen LogP contribution in [0.1, 0.15) is 106 Å². The Morgan fingerprint density at radius 1 is 0.778 bits per heavy atom. The maximum Gasteiger partial charge on any atom is 0.0162 e. The predicted molar refractivity (Wildman–Crippen MR) is 237 cm³/mol. The summed E-state index contributed by atoms with van der Waals surface area (Å²) in [5, 5.41) is 0. The van der Waals surface area contributed by atoms with Crippen molar-refractivity contribution in [1.82, 2.24) is 0 Å². The van der Waals surface area contributed by atoms with Crippen LogP contribution in [0.25, 0.3) is 39.0 Å². The molecule has 274 valence electrons. The molecule has 0 saturated carbocycles. The molecule has 0 saturated heterocycles. The number of hydrogen-bond acceptors (Lipinski definition) is 0. The quantitative estimate of drug-likeness (QED) is 0.107. The summed E-state index contributed by atoms with van der Waals surface area (Å²) in [5.74, 6) is 0.312. The molecule has 0 aliphatic heterocycles. The fraction of sp³-hybridized carbons (Fsp3) is 0.259. The Bertz CT molecular complexity index is 2250. The molecule has 0 spiro atoms. The van der Waals surface area contributed by atoms with Gasteiger partial charge >= 0.3 is 0 Å². The smallest absolute Gasteiger partial charge is 0.0162 e. The topological polar surface area (TPSA) is 0 Å². The van der Waals surface area contributed by atoms with E-state index in [1.807, 2.05) is 6.92 Å². The van der Waals surface area contributed by atoms with E-state index < -0.39 is 0 Å². The van der Waals surface area contributed by atoms with E-state index in [2.05, 4.69) is 195 Å². The van der Waals surface area contributed by atoms with Gasteiger partial charge in [-0.2, -0.15) is 0 Å². The SMILES string of the molecule is C=C(C)/C=C\C=C(\C)C(C)c1cc(-c2ccc(CC)c3c2-c2ccc(-c4ccc(CC/C=C\C(=C/CC)c5ccccc5)cc4)cc2C3(C)C)ccc1C. The van der Waals surface area contributed by atoms with Gasteiger partial charge in [-0.1, -0.05) is 186 Å². The Morgan fingerprint density at radius 3 is 2.19 bits per heavy atom. The minimum absolute atomic E-state index is 0.102. The molecule has 1 aliphatic rings. The number of aryl methyl sites for hydroxylation is 3. The van der Waals surface area contributed by atoms with Crippen molar-refractivity contribution in [3.8, 4) is 33.4 Å². The van der Waals surface area contributed by atoms with E-state index in [0.717, 1.165) is 31.3 Å². The summed E-state index contributed by atoms with van der Waals surface area (Å²) in [5.41, 5.74) is 21.3. The third-order valence-corrected chi connectivity index (χ3v) is 11.5. The lowest BCUT2D eigenvalue weighted by Gasteiger charge is -2.25. The molecular formula is C54H58. The van der Waals surface area contributed by atoms with E-state index in [-0.39, 0.29) is 5.41 Å². The molecule has 0 N–H and O–H groups in total. The highest BCUT2D eigenvalue weighted by atomic mass is 14.4. The molecule has 0 radical (unpaired) electrons. The molecule has 0 bridgehead atoms. The number of benzene rings is 5.